The van der Waals surface area contributed by atoms with E-state index >= 15 is 0 Å². The van der Waals surface area contributed by atoms with E-state index in [1.54, 1.807) is 84.8 Å². The van der Waals surface area contributed by atoms with Crippen molar-refractivity contribution in [3.63, 3.8) is 0 Å². The zero-order chi connectivity index (χ0) is 26.2. The van der Waals surface area contributed by atoms with Crippen LogP contribution in [0.15, 0.2) is 72.8 Å². The molecule has 0 aliphatic carbocycles. The van der Waals surface area contributed by atoms with Crippen LogP contribution < -0.4 is 15.4 Å². The molecule has 1 fully saturated rings. The minimum absolute atomic E-state index is 0.133. The molecular formula is C29H31N3O5. The lowest BCUT2D eigenvalue weighted by Crippen LogP contribution is -2.51. The summed E-state index contributed by atoms with van der Waals surface area (Å²) >= 11 is 0. The lowest BCUT2D eigenvalue weighted by molar-refractivity contribution is -0.134. The summed E-state index contributed by atoms with van der Waals surface area (Å²) in [5, 5.41) is 15.3. The third kappa shape index (κ3) is 6.67. The van der Waals surface area contributed by atoms with E-state index in [9.17, 15) is 19.5 Å². The fraction of sp³-hybridized carbons (Fsp3) is 0.276. The number of benzene rings is 3. The molecule has 192 valence electrons. The summed E-state index contributed by atoms with van der Waals surface area (Å²) in [4.78, 5) is 41.5. The maximum atomic E-state index is 13.4. The summed E-state index contributed by atoms with van der Waals surface area (Å²) in [5.74, 6) is -0.198. The molecule has 0 spiro atoms. The number of carbonyl (C=O) groups is 3. The Labute approximate surface area is 216 Å². The van der Waals surface area contributed by atoms with Crippen LogP contribution in [0.1, 0.15) is 45.5 Å². The molecule has 0 bridgehead atoms. The normalized spacial score (nSPS) is 13.9. The maximum Gasteiger partial charge on any atom is 0.255 e. The van der Waals surface area contributed by atoms with Crippen LogP contribution in [0.5, 0.6) is 11.5 Å². The number of amides is 3. The smallest absolute Gasteiger partial charge is 0.255 e. The van der Waals surface area contributed by atoms with Crippen LogP contribution >= 0.6 is 0 Å². The Kier molecular flexibility index (Phi) is 8.40. The van der Waals surface area contributed by atoms with Gasteiger partial charge in [0.05, 0.1) is 18.4 Å². The molecule has 3 aromatic rings. The van der Waals surface area contributed by atoms with Crippen LogP contribution in [-0.2, 0) is 11.2 Å². The van der Waals surface area contributed by atoms with Gasteiger partial charge in [0.25, 0.3) is 11.8 Å². The molecule has 8 nitrogen and oxygen atoms in total. The molecule has 1 saturated heterocycles. The predicted octanol–water partition coefficient (Wildman–Crippen LogP) is 4.01. The first-order chi connectivity index (χ1) is 17.9. The van der Waals surface area contributed by atoms with Gasteiger partial charge in [-0.05, 0) is 73.4 Å². The fourth-order valence-electron chi connectivity index (χ4n) is 4.37. The van der Waals surface area contributed by atoms with Gasteiger partial charge in [-0.2, -0.15) is 0 Å². The van der Waals surface area contributed by atoms with Gasteiger partial charge in [0.2, 0.25) is 5.91 Å². The Morgan fingerprint density at radius 3 is 2.24 bits per heavy atom. The number of methoxy groups -OCH3 is 1. The van der Waals surface area contributed by atoms with Crippen LogP contribution in [0.4, 0.5) is 5.69 Å². The van der Waals surface area contributed by atoms with E-state index in [0.29, 0.717) is 30.1 Å². The quantitative estimate of drug-likeness (QED) is 0.432. The number of nitrogens with one attached hydrogen (secondary N) is 2. The van der Waals surface area contributed by atoms with Crippen molar-refractivity contribution in [3.8, 4) is 11.5 Å². The molecule has 8 heteroatoms. The number of likely N-dealkylation sites (tertiary alicyclic amines) is 1. The first-order valence-corrected chi connectivity index (χ1v) is 12.4. The van der Waals surface area contributed by atoms with Gasteiger partial charge < -0.3 is 25.4 Å². The van der Waals surface area contributed by atoms with Crippen molar-refractivity contribution >= 4 is 23.4 Å². The third-order valence-electron chi connectivity index (χ3n) is 6.42. The summed E-state index contributed by atoms with van der Waals surface area (Å²) in [5.41, 5.74) is 1.83. The van der Waals surface area contributed by atoms with Gasteiger partial charge in [-0.1, -0.05) is 24.3 Å². The van der Waals surface area contributed by atoms with Gasteiger partial charge in [0.15, 0.2) is 0 Å². The molecule has 3 amide bonds. The number of hydrogen-bond acceptors (Lipinski definition) is 5. The van der Waals surface area contributed by atoms with Crippen molar-refractivity contribution in [1.29, 1.82) is 0 Å². The van der Waals surface area contributed by atoms with E-state index < -0.39 is 11.9 Å². The Hall–Kier alpha value is -4.33. The van der Waals surface area contributed by atoms with E-state index in [-0.39, 0.29) is 29.5 Å². The van der Waals surface area contributed by atoms with Gasteiger partial charge in [-0.25, -0.2) is 0 Å². The Morgan fingerprint density at radius 1 is 0.892 bits per heavy atom. The van der Waals surface area contributed by atoms with E-state index in [0.717, 1.165) is 24.8 Å². The molecule has 0 saturated carbocycles. The number of ether oxygens (including phenoxy) is 1. The summed E-state index contributed by atoms with van der Waals surface area (Å²) in [6.07, 6.45) is 3.24. The molecule has 1 heterocycles. The number of piperidine rings is 1. The van der Waals surface area contributed by atoms with Crippen molar-refractivity contribution in [1.82, 2.24) is 10.2 Å². The van der Waals surface area contributed by atoms with Gasteiger partial charge in [-0.3, -0.25) is 14.4 Å². The summed E-state index contributed by atoms with van der Waals surface area (Å²) in [6, 6.07) is 19.2. The summed E-state index contributed by atoms with van der Waals surface area (Å²) in [6.45, 7) is 1.32. The second-order valence-corrected chi connectivity index (χ2v) is 9.01. The van der Waals surface area contributed by atoms with Crippen LogP contribution in [-0.4, -0.2) is 54.0 Å². The average Bonchev–Trinajstić information content (AvgIpc) is 2.94. The van der Waals surface area contributed by atoms with Gasteiger partial charge >= 0.3 is 0 Å². The van der Waals surface area contributed by atoms with Gasteiger partial charge in [-0.15, -0.1) is 0 Å². The highest BCUT2D eigenvalue weighted by atomic mass is 16.5. The standard InChI is InChI=1S/C29H31N3O5/c1-37-23-15-11-21(12-16-23)27(34)30-25-8-4-3-7-24(25)28(35)31-26(19-20-9-13-22(33)14-10-20)29(36)32-17-5-2-6-18-32/h3-4,7-16,26,33H,2,5-6,17-19H2,1H3,(H,30,34)(H,31,35). The minimum Gasteiger partial charge on any atom is -0.508 e. The van der Waals surface area contributed by atoms with Crippen LogP contribution in [0.2, 0.25) is 0 Å². The topological polar surface area (TPSA) is 108 Å². The molecule has 3 aromatic carbocycles. The molecule has 1 atom stereocenters. The fourth-order valence-corrected chi connectivity index (χ4v) is 4.37. The molecule has 4 rings (SSSR count). The van der Waals surface area contributed by atoms with Crippen molar-refractivity contribution in [2.75, 3.05) is 25.5 Å². The molecule has 37 heavy (non-hydrogen) atoms. The molecule has 3 N–H and O–H groups in total. The number of phenolic OH excluding ortho intramolecular Hbond substituents is 1. The van der Waals surface area contributed by atoms with Crippen LogP contribution in [0.25, 0.3) is 0 Å². The Morgan fingerprint density at radius 2 is 1.57 bits per heavy atom. The molecule has 0 aromatic heterocycles. The Bertz CT molecular complexity index is 1240. The van der Waals surface area contributed by atoms with E-state index in [1.807, 2.05) is 0 Å². The largest absolute Gasteiger partial charge is 0.508 e. The zero-order valence-electron chi connectivity index (χ0n) is 20.8. The number of carbonyl (C=O) groups excluding carboxylic acids is 3. The molecule has 1 unspecified atom stereocenters. The minimum atomic E-state index is -0.791. The van der Waals surface area contributed by atoms with Crippen molar-refractivity contribution < 1.29 is 24.2 Å². The third-order valence-corrected chi connectivity index (χ3v) is 6.42. The maximum absolute atomic E-state index is 13.4. The highest BCUT2D eigenvalue weighted by Crippen LogP contribution is 2.20. The molecule has 1 aliphatic rings. The SMILES string of the molecule is COc1ccc(C(=O)Nc2ccccc2C(=O)NC(Cc2ccc(O)cc2)C(=O)N2CCCCC2)cc1. The van der Waals surface area contributed by atoms with E-state index in [4.69, 9.17) is 4.74 Å². The number of anilines is 1. The molecule has 1 aliphatic heterocycles. The first-order valence-electron chi connectivity index (χ1n) is 12.4. The number of phenols is 1. The predicted molar refractivity (Wildman–Crippen MR) is 141 cm³/mol. The summed E-state index contributed by atoms with van der Waals surface area (Å²) in [7, 11) is 1.55. The van der Waals surface area contributed by atoms with Gasteiger partial charge in [0, 0.05) is 25.1 Å². The second-order valence-electron chi connectivity index (χ2n) is 9.01. The summed E-state index contributed by atoms with van der Waals surface area (Å²) < 4.78 is 5.14. The van der Waals surface area contributed by atoms with Crippen LogP contribution in [0.3, 0.4) is 0 Å². The van der Waals surface area contributed by atoms with E-state index in [1.165, 1.54) is 0 Å². The number of hydrogen-bond donors (Lipinski definition) is 3. The van der Waals surface area contributed by atoms with Crippen molar-refractivity contribution in [2.45, 2.75) is 31.7 Å². The zero-order valence-corrected chi connectivity index (χ0v) is 20.8. The van der Waals surface area contributed by atoms with Gasteiger partial charge in [0.1, 0.15) is 17.5 Å². The molecular weight excluding hydrogens is 470 g/mol. The number of para-hydroxylation sites is 1. The lowest BCUT2D eigenvalue weighted by Gasteiger charge is -2.31. The highest BCUT2D eigenvalue weighted by molar-refractivity contribution is 6.09. The monoisotopic (exact) mass is 501 g/mol. The van der Waals surface area contributed by atoms with E-state index in [2.05, 4.69) is 10.6 Å². The first kappa shape index (κ1) is 25.8. The molecule has 0 radical (unpaired) electrons. The second kappa shape index (κ2) is 12.1. The van der Waals surface area contributed by atoms with Crippen molar-refractivity contribution in [2.24, 2.45) is 0 Å². The van der Waals surface area contributed by atoms with Crippen molar-refractivity contribution in [3.05, 3.63) is 89.5 Å². The average molecular weight is 502 g/mol. The van der Waals surface area contributed by atoms with Crippen LogP contribution in [0, 0.1) is 0 Å². The number of rotatable bonds is 8. The highest BCUT2D eigenvalue weighted by Gasteiger charge is 2.28. The number of aromatic hydroxyl groups is 1. The Balaban J connectivity index is 1.53. The lowest BCUT2D eigenvalue weighted by atomic mass is 10.0. The number of nitrogens with zero attached hydrogens (tertiary/aromatic N) is 1.